The first-order chi connectivity index (χ1) is 6.25. The standard InChI is InChI=1S/C11H22O2/c1-2-6-10(12)9-7-4-3-5-8-11(9)13/h9-13H,2-8H2,1H3. The predicted octanol–water partition coefficient (Wildman–Crippen LogP) is 2.09. The lowest BCUT2D eigenvalue weighted by Crippen LogP contribution is -2.30. The molecule has 0 aromatic rings. The molecular formula is C11H22O2. The summed E-state index contributed by atoms with van der Waals surface area (Å²) in [5.41, 5.74) is 0. The van der Waals surface area contributed by atoms with Gasteiger partial charge >= 0.3 is 0 Å². The molecule has 0 radical (unpaired) electrons. The molecule has 1 aliphatic rings. The zero-order valence-corrected chi connectivity index (χ0v) is 8.58. The lowest BCUT2D eigenvalue weighted by molar-refractivity contribution is 0.00453. The van der Waals surface area contributed by atoms with Crippen LogP contribution < -0.4 is 0 Å². The van der Waals surface area contributed by atoms with Crippen molar-refractivity contribution >= 4 is 0 Å². The first-order valence-electron chi connectivity index (χ1n) is 5.61. The average Bonchev–Trinajstić information content (AvgIpc) is 2.30. The van der Waals surface area contributed by atoms with E-state index in [9.17, 15) is 10.2 Å². The quantitative estimate of drug-likeness (QED) is 0.663. The Morgan fingerprint density at radius 2 is 1.92 bits per heavy atom. The maximum atomic E-state index is 9.81. The van der Waals surface area contributed by atoms with Crippen LogP contribution >= 0.6 is 0 Å². The summed E-state index contributed by atoms with van der Waals surface area (Å²) in [4.78, 5) is 0. The third kappa shape index (κ3) is 3.28. The van der Waals surface area contributed by atoms with Crippen LogP contribution in [0.5, 0.6) is 0 Å². The number of aliphatic hydroxyl groups is 2. The van der Waals surface area contributed by atoms with Gasteiger partial charge in [-0.15, -0.1) is 0 Å². The minimum absolute atomic E-state index is 0.141. The van der Waals surface area contributed by atoms with E-state index < -0.39 is 0 Å². The molecule has 2 N–H and O–H groups in total. The molecule has 13 heavy (non-hydrogen) atoms. The van der Waals surface area contributed by atoms with E-state index in [0.29, 0.717) is 0 Å². The molecular weight excluding hydrogens is 164 g/mol. The van der Waals surface area contributed by atoms with Crippen molar-refractivity contribution in [2.45, 2.75) is 64.1 Å². The maximum absolute atomic E-state index is 9.81. The van der Waals surface area contributed by atoms with Gasteiger partial charge in [0.15, 0.2) is 0 Å². The fraction of sp³-hybridized carbons (Fsp3) is 1.00. The molecule has 2 heteroatoms. The van der Waals surface area contributed by atoms with Gasteiger partial charge < -0.3 is 10.2 Å². The highest BCUT2D eigenvalue weighted by Crippen LogP contribution is 2.27. The molecule has 0 saturated heterocycles. The Morgan fingerprint density at radius 3 is 2.62 bits per heavy atom. The Kier molecular flexibility index (Phi) is 4.74. The molecule has 1 fully saturated rings. The smallest absolute Gasteiger partial charge is 0.0593 e. The summed E-state index contributed by atoms with van der Waals surface area (Å²) in [5.74, 6) is 0.141. The highest BCUT2D eigenvalue weighted by Gasteiger charge is 2.27. The molecule has 0 aliphatic heterocycles. The molecule has 3 unspecified atom stereocenters. The van der Waals surface area contributed by atoms with Crippen LogP contribution in [-0.2, 0) is 0 Å². The maximum Gasteiger partial charge on any atom is 0.0593 e. The van der Waals surface area contributed by atoms with E-state index in [1.54, 1.807) is 0 Å². The van der Waals surface area contributed by atoms with Gasteiger partial charge in [0.05, 0.1) is 12.2 Å². The predicted molar refractivity (Wildman–Crippen MR) is 53.5 cm³/mol. The SMILES string of the molecule is CCCC(O)C1CCCCCC1O. The van der Waals surface area contributed by atoms with Crippen LogP contribution in [0.15, 0.2) is 0 Å². The van der Waals surface area contributed by atoms with E-state index in [1.165, 1.54) is 12.8 Å². The lowest BCUT2D eigenvalue weighted by Gasteiger charge is -2.25. The molecule has 2 nitrogen and oxygen atoms in total. The fourth-order valence-corrected chi connectivity index (χ4v) is 2.28. The van der Waals surface area contributed by atoms with Gasteiger partial charge in [0.2, 0.25) is 0 Å². The molecule has 78 valence electrons. The molecule has 3 atom stereocenters. The molecule has 0 aromatic carbocycles. The van der Waals surface area contributed by atoms with Crippen LogP contribution in [0.1, 0.15) is 51.9 Å². The number of aliphatic hydroxyl groups excluding tert-OH is 2. The molecule has 0 amide bonds. The zero-order chi connectivity index (χ0) is 9.68. The summed E-state index contributed by atoms with van der Waals surface area (Å²) in [6.45, 7) is 2.08. The van der Waals surface area contributed by atoms with Crippen molar-refractivity contribution in [3.8, 4) is 0 Å². The van der Waals surface area contributed by atoms with Gasteiger partial charge in [-0.3, -0.25) is 0 Å². The van der Waals surface area contributed by atoms with Crippen molar-refractivity contribution in [2.75, 3.05) is 0 Å². The summed E-state index contributed by atoms with van der Waals surface area (Å²) in [6, 6.07) is 0. The Bertz CT molecular complexity index is 136. The van der Waals surface area contributed by atoms with Crippen molar-refractivity contribution in [3.63, 3.8) is 0 Å². The monoisotopic (exact) mass is 186 g/mol. The minimum Gasteiger partial charge on any atom is -0.393 e. The average molecular weight is 186 g/mol. The van der Waals surface area contributed by atoms with Gasteiger partial charge in [0, 0.05) is 5.92 Å². The first-order valence-corrected chi connectivity index (χ1v) is 5.61. The van der Waals surface area contributed by atoms with E-state index in [0.717, 1.165) is 32.1 Å². The molecule has 1 aliphatic carbocycles. The van der Waals surface area contributed by atoms with Crippen LogP contribution in [0.25, 0.3) is 0 Å². The van der Waals surface area contributed by atoms with Crippen LogP contribution in [-0.4, -0.2) is 22.4 Å². The number of rotatable bonds is 3. The van der Waals surface area contributed by atoms with Gasteiger partial charge in [-0.2, -0.15) is 0 Å². The van der Waals surface area contributed by atoms with Crippen molar-refractivity contribution in [1.29, 1.82) is 0 Å². The van der Waals surface area contributed by atoms with Crippen LogP contribution in [0.3, 0.4) is 0 Å². The van der Waals surface area contributed by atoms with Crippen LogP contribution in [0.2, 0.25) is 0 Å². The second-order valence-electron chi connectivity index (χ2n) is 4.23. The highest BCUT2D eigenvalue weighted by atomic mass is 16.3. The minimum atomic E-state index is -0.280. The fourth-order valence-electron chi connectivity index (χ4n) is 2.28. The summed E-state index contributed by atoms with van der Waals surface area (Å²) in [6.07, 6.45) is 6.69. The van der Waals surface area contributed by atoms with E-state index in [1.807, 2.05) is 0 Å². The van der Waals surface area contributed by atoms with Crippen molar-refractivity contribution in [1.82, 2.24) is 0 Å². The Balaban J connectivity index is 2.43. The largest absolute Gasteiger partial charge is 0.393 e. The summed E-state index contributed by atoms with van der Waals surface area (Å²) in [7, 11) is 0. The van der Waals surface area contributed by atoms with Gasteiger partial charge in [-0.25, -0.2) is 0 Å². The zero-order valence-electron chi connectivity index (χ0n) is 8.58. The molecule has 1 rings (SSSR count). The third-order valence-corrected chi connectivity index (χ3v) is 3.11. The van der Waals surface area contributed by atoms with Crippen LogP contribution in [0.4, 0.5) is 0 Å². The normalized spacial score (nSPS) is 32.5. The second-order valence-corrected chi connectivity index (χ2v) is 4.23. The highest BCUT2D eigenvalue weighted by molar-refractivity contribution is 4.78. The first kappa shape index (κ1) is 11.0. The van der Waals surface area contributed by atoms with Gasteiger partial charge in [0.25, 0.3) is 0 Å². The topological polar surface area (TPSA) is 40.5 Å². The van der Waals surface area contributed by atoms with Crippen molar-refractivity contribution < 1.29 is 10.2 Å². The lowest BCUT2D eigenvalue weighted by atomic mass is 9.89. The summed E-state index contributed by atoms with van der Waals surface area (Å²) in [5, 5.41) is 19.6. The molecule has 0 aromatic heterocycles. The Hall–Kier alpha value is -0.0800. The van der Waals surface area contributed by atoms with E-state index in [2.05, 4.69) is 6.92 Å². The van der Waals surface area contributed by atoms with Gasteiger partial charge in [-0.1, -0.05) is 32.6 Å². The van der Waals surface area contributed by atoms with Gasteiger partial charge in [-0.05, 0) is 19.3 Å². The molecule has 0 spiro atoms. The number of hydrogen-bond acceptors (Lipinski definition) is 2. The van der Waals surface area contributed by atoms with Crippen LogP contribution in [0, 0.1) is 5.92 Å². The Labute approximate surface area is 81.0 Å². The molecule has 1 saturated carbocycles. The number of hydrogen-bond donors (Lipinski definition) is 2. The van der Waals surface area contributed by atoms with Gasteiger partial charge in [0.1, 0.15) is 0 Å². The molecule has 0 heterocycles. The van der Waals surface area contributed by atoms with Crippen molar-refractivity contribution in [2.24, 2.45) is 5.92 Å². The summed E-state index contributed by atoms with van der Waals surface area (Å²) < 4.78 is 0. The summed E-state index contributed by atoms with van der Waals surface area (Å²) >= 11 is 0. The second kappa shape index (κ2) is 5.61. The third-order valence-electron chi connectivity index (χ3n) is 3.11. The van der Waals surface area contributed by atoms with E-state index in [4.69, 9.17) is 0 Å². The Morgan fingerprint density at radius 1 is 1.23 bits per heavy atom. The molecule has 0 bridgehead atoms. The van der Waals surface area contributed by atoms with Crippen molar-refractivity contribution in [3.05, 3.63) is 0 Å². The van der Waals surface area contributed by atoms with E-state index in [-0.39, 0.29) is 18.1 Å². The van der Waals surface area contributed by atoms with E-state index >= 15 is 0 Å².